The molecule has 0 fully saturated rings. The van der Waals surface area contributed by atoms with Crippen LogP contribution in [0.25, 0.3) is 22.3 Å². The molecule has 0 aliphatic carbocycles. The van der Waals surface area contributed by atoms with Crippen molar-refractivity contribution in [3.8, 4) is 17.1 Å². The van der Waals surface area contributed by atoms with E-state index < -0.39 is 7.25 Å². The van der Waals surface area contributed by atoms with Crippen molar-refractivity contribution in [1.29, 1.82) is 0 Å². The molecule has 0 atom stereocenters. The Labute approximate surface area is 201 Å². The second kappa shape index (κ2) is 11.6. The van der Waals surface area contributed by atoms with Crippen LogP contribution in [0.4, 0.5) is 28.6 Å². The molecule has 0 aliphatic rings. The van der Waals surface area contributed by atoms with Gasteiger partial charge in [0, 0.05) is 36.5 Å². The maximum absolute atomic E-state index is 9.75. The van der Waals surface area contributed by atoms with E-state index in [1.165, 1.54) is 5.69 Å². The number of hydrogen-bond acceptors (Lipinski definition) is 3. The standard InChI is InChI=1S/C26H26N2O2.BF4/c1-4-28(5-2)21-14-12-20(13-15-21)27-24-18-26(19-10-16-22(29-3)17-11-19)30-25-9-7-6-8-23(24)25;2-1(3,4)5/h6-18H,4-5H2,1-3H3;/q;-1/p+1. The molecule has 1 aromatic heterocycles. The number of nitrogens with one attached hydrogen (secondary N) is 1. The largest absolute Gasteiger partial charge is 0.673 e. The lowest BCUT2D eigenvalue weighted by Gasteiger charge is -2.20. The molecule has 184 valence electrons. The number of benzene rings is 3. The van der Waals surface area contributed by atoms with Crippen LogP contribution in [0.3, 0.4) is 0 Å². The second-order valence-electron chi connectivity index (χ2n) is 7.59. The van der Waals surface area contributed by atoms with E-state index in [0.29, 0.717) is 0 Å². The fourth-order valence-corrected chi connectivity index (χ4v) is 3.64. The topological polar surface area (TPSA) is 39.6 Å². The van der Waals surface area contributed by atoms with Crippen molar-refractivity contribution in [3.63, 3.8) is 0 Å². The molecule has 4 nitrogen and oxygen atoms in total. The molecule has 3 aromatic carbocycles. The lowest BCUT2D eigenvalue weighted by atomic mass is 10.1. The highest BCUT2D eigenvalue weighted by molar-refractivity contribution is 6.50. The maximum Gasteiger partial charge on any atom is 0.673 e. The van der Waals surface area contributed by atoms with Gasteiger partial charge >= 0.3 is 7.25 Å². The molecule has 1 heterocycles. The summed E-state index contributed by atoms with van der Waals surface area (Å²) in [6, 6.07) is 26.6. The minimum Gasteiger partial charge on any atom is -0.497 e. The first-order valence-corrected chi connectivity index (χ1v) is 11.2. The minimum absolute atomic E-state index is 0.804. The summed E-state index contributed by atoms with van der Waals surface area (Å²) < 4.78 is 50.5. The fraction of sp³-hybridized carbons (Fsp3) is 0.192. The van der Waals surface area contributed by atoms with Crippen LogP contribution >= 0.6 is 0 Å². The van der Waals surface area contributed by atoms with Crippen LogP contribution in [0.2, 0.25) is 0 Å². The molecule has 0 unspecified atom stereocenters. The van der Waals surface area contributed by atoms with E-state index in [1.54, 1.807) is 7.11 Å². The number of methoxy groups -OCH3 is 1. The number of nitrogens with zero attached hydrogens (tertiary/aromatic N) is 1. The van der Waals surface area contributed by atoms with Gasteiger partial charge in [-0.3, -0.25) is 0 Å². The van der Waals surface area contributed by atoms with Gasteiger partial charge in [-0.1, -0.05) is 12.1 Å². The summed E-state index contributed by atoms with van der Waals surface area (Å²) in [6.07, 6.45) is 0. The highest BCUT2D eigenvalue weighted by Crippen LogP contribution is 2.24. The molecular formula is C26H27BF4N2O2. The normalized spacial score (nSPS) is 11.7. The van der Waals surface area contributed by atoms with Crippen LogP contribution in [0.1, 0.15) is 13.8 Å². The van der Waals surface area contributed by atoms with Crippen molar-refractivity contribution < 1.29 is 31.4 Å². The van der Waals surface area contributed by atoms with Crippen LogP contribution < -0.4 is 20.0 Å². The van der Waals surface area contributed by atoms with Gasteiger partial charge in [-0.25, -0.2) is 4.99 Å². The molecule has 9 heteroatoms. The first kappa shape index (κ1) is 25.9. The Balaban J connectivity index is 0.000000623. The van der Waals surface area contributed by atoms with Crippen LogP contribution in [-0.4, -0.2) is 27.5 Å². The molecule has 0 spiro atoms. The van der Waals surface area contributed by atoms with Crippen LogP contribution in [0.5, 0.6) is 5.75 Å². The zero-order chi connectivity index (χ0) is 25.4. The number of anilines is 1. The summed E-state index contributed by atoms with van der Waals surface area (Å²) in [6.45, 7) is 6.35. The molecule has 0 aliphatic heterocycles. The van der Waals surface area contributed by atoms with Crippen molar-refractivity contribution >= 4 is 29.6 Å². The lowest BCUT2D eigenvalue weighted by molar-refractivity contribution is -0.400. The SMILES string of the molecule is CCN(CC)c1ccc([NH+]=c2cc(-c3ccc(OC)cc3)oc3ccccc23)cc1.F[B-](F)(F)F. The maximum atomic E-state index is 9.75. The van der Waals surface area contributed by atoms with E-state index in [0.717, 1.165) is 52.2 Å². The summed E-state index contributed by atoms with van der Waals surface area (Å²) >= 11 is 0. The monoisotopic (exact) mass is 486 g/mol. The number of rotatable bonds is 6. The first-order valence-electron chi connectivity index (χ1n) is 11.2. The third-order valence-corrected chi connectivity index (χ3v) is 5.32. The van der Waals surface area contributed by atoms with E-state index in [9.17, 15) is 17.3 Å². The Morgan fingerprint density at radius 2 is 1.46 bits per heavy atom. The molecule has 1 N–H and O–H groups in total. The molecule has 35 heavy (non-hydrogen) atoms. The van der Waals surface area contributed by atoms with Crippen molar-refractivity contribution in [1.82, 2.24) is 0 Å². The van der Waals surface area contributed by atoms with E-state index in [4.69, 9.17) is 9.15 Å². The quantitative estimate of drug-likeness (QED) is 0.286. The number of fused-ring (bicyclic) bond motifs is 1. The Bertz CT molecular complexity index is 1290. The van der Waals surface area contributed by atoms with E-state index in [2.05, 4.69) is 60.1 Å². The Kier molecular flexibility index (Phi) is 8.57. The molecule has 0 amide bonds. The highest BCUT2D eigenvalue weighted by Gasteiger charge is 2.20. The number of para-hydroxylation sites is 1. The Hall–Kier alpha value is -3.75. The van der Waals surface area contributed by atoms with Crippen LogP contribution in [0.15, 0.2) is 83.3 Å². The third-order valence-electron chi connectivity index (χ3n) is 5.32. The van der Waals surface area contributed by atoms with Crippen molar-refractivity contribution in [2.75, 3.05) is 25.1 Å². The average Bonchev–Trinajstić information content (AvgIpc) is 2.85. The molecule has 0 saturated heterocycles. The molecule has 4 aromatic rings. The zero-order valence-corrected chi connectivity index (χ0v) is 19.8. The van der Waals surface area contributed by atoms with Gasteiger partial charge in [0.25, 0.3) is 0 Å². The lowest BCUT2D eigenvalue weighted by Crippen LogP contribution is -2.70. The predicted octanol–water partition coefficient (Wildman–Crippen LogP) is 5.57. The summed E-state index contributed by atoms with van der Waals surface area (Å²) in [5, 5.41) is 2.06. The van der Waals surface area contributed by atoms with Crippen molar-refractivity contribution in [2.24, 2.45) is 0 Å². The summed E-state index contributed by atoms with van der Waals surface area (Å²) in [5.74, 6) is 1.63. The molecular weight excluding hydrogens is 459 g/mol. The zero-order valence-electron chi connectivity index (χ0n) is 19.8. The molecule has 0 saturated carbocycles. The summed E-state index contributed by atoms with van der Waals surface area (Å²) in [5.41, 5.74) is 4.12. The molecule has 0 bridgehead atoms. The van der Waals surface area contributed by atoms with Crippen LogP contribution in [-0.2, 0) is 0 Å². The highest BCUT2D eigenvalue weighted by atomic mass is 19.5. The Morgan fingerprint density at radius 1 is 0.857 bits per heavy atom. The fourth-order valence-electron chi connectivity index (χ4n) is 3.64. The third kappa shape index (κ3) is 7.37. The van der Waals surface area contributed by atoms with Crippen molar-refractivity contribution in [2.45, 2.75) is 13.8 Å². The van der Waals surface area contributed by atoms with Gasteiger partial charge in [0.05, 0.1) is 18.6 Å². The Morgan fingerprint density at radius 3 is 2.03 bits per heavy atom. The van der Waals surface area contributed by atoms with Gasteiger partial charge in [-0.2, -0.15) is 0 Å². The van der Waals surface area contributed by atoms with Crippen molar-refractivity contribution in [3.05, 3.63) is 84.2 Å². The van der Waals surface area contributed by atoms with E-state index in [-0.39, 0.29) is 0 Å². The summed E-state index contributed by atoms with van der Waals surface area (Å²) in [4.78, 5) is 5.91. The predicted molar refractivity (Wildman–Crippen MR) is 132 cm³/mol. The van der Waals surface area contributed by atoms with Crippen LogP contribution in [0, 0.1) is 0 Å². The number of hydrogen-bond donors (Lipinski definition) is 1. The molecule has 4 rings (SSSR count). The van der Waals surface area contributed by atoms with Gasteiger partial charge in [-0.15, -0.1) is 0 Å². The number of halogens is 4. The van der Waals surface area contributed by atoms with Gasteiger partial charge in [0.2, 0.25) is 11.0 Å². The van der Waals surface area contributed by atoms with E-state index >= 15 is 0 Å². The smallest absolute Gasteiger partial charge is 0.497 e. The first-order chi connectivity index (χ1) is 16.7. The van der Waals surface area contributed by atoms with Gasteiger partial charge in [0.1, 0.15) is 17.1 Å². The minimum atomic E-state index is -6.00. The summed E-state index contributed by atoms with van der Waals surface area (Å²) in [7, 11) is -4.33. The molecule has 0 radical (unpaired) electrons. The van der Waals surface area contributed by atoms with Gasteiger partial charge < -0.3 is 31.3 Å². The number of ether oxygens (including phenoxy) is 1. The van der Waals surface area contributed by atoms with E-state index in [1.807, 2.05) is 42.5 Å². The van der Waals surface area contributed by atoms with Gasteiger partial charge in [0.15, 0.2) is 0 Å². The second-order valence-corrected chi connectivity index (χ2v) is 7.59. The average molecular weight is 486 g/mol. The van der Waals surface area contributed by atoms with Gasteiger partial charge in [-0.05, 0) is 62.4 Å².